The first-order valence-electron chi connectivity index (χ1n) is 6.29. The van der Waals surface area contributed by atoms with Crippen molar-refractivity contribution in [1.29, 1.82) is 0 Å². The van der Waals surface area contributed by atoms with Gasteiger partial charge in [0.1, 0.15) is 5.75 Å². The van der Waals surface area contributed by atoms with Gasteiger partial charge < -0.3 is 15.5 Å². The Bertz CT molecular complexity index is 424. The highest BCUT2D eigenvalue weighted by molar-refractivity contribution is 5.85. The lowest BCUT2D eigenvalue weighted by Gasteiger charge is -2.19. The average Bonchev–Trinajstić information content (AvgIpc) is 2.77. The Morgan fingerprint density at radius 2 is 2.21 bits per heavy atom. The second kappa shape index (κ2) is 6.78. The van der Waals surface area contributed by atoms with Crippen LogP contribution in [-0.4, -0.2) is 29.3 Å². The lowest BCUT2D eigenvalue weighted by Crippen LogP contribution is -2.27. The molecule has 106 valence electrons. The Morgan fingerprint density at radius 1 is 1.47 bits per heavy atom. The minimum absolute atomic E-state index is 0. The van der Waals surface area contributed by atoms with Crippen LogP contribution in [0.1, 0.15) is 17.5 Å². The van der Waals surface area contributed by atoms with E-state index in [2.05, 4.69) is 5.32 Å². The van der Waals surface area contributed by atoms with E-state index < -0.39 is 5.97 Å². The zero-order valence-electron chi connectivity index (χ0n) is 10.9. The number of carboxylic acids is 1. The van der Waals surface area contributed by atoms with Gasteiger partial charge in [-0.1, -0.05) is 6.07 Å². The molecule has 2 atom stereocenters. The van der Waals surface area contributed by atoms with E-state index in [4.69, 9.17) is 0 Å². The fourth-order valence-electron chi connectivity index (χ4n) is 2.69. The summed E-state index contributed by atoms with van der Waals surface area (Å²) in [5.74, 6) is -0.727. The highest BCUT2D eigenvalue weighted by atomic mass is 35.5. The molecule has 1 aliphatic rings. The summed E-state index contributed by atoms with van der Waals surface area (Å²) in [6.45, 7) is 3.57. The second-order valence-electron chi connectivity index (χ2n) is 5.08. The van der Waals surface area contributed by atoms with Crippen LogP contribution < -0.4 is 5.32 Å². The van der Waals surface area contributed by atoms with Crippen LogP contribution in [0.2, 0.25) is 0 Å². The zero-order valence-corrected chi connectivity index (χ0v) is 11.7. The Morgan fingerprint density at radius 3 is 2.74 bits per heavy atom. The minimum Gasteiger partial charge on any atom is -0.508 e. The molecule has 1 aliphatic heterocycles. The number of halogens is 1. The Kier molecular flexibility index (Phi) is 5.63. The van der Waals surface area contributed by atoms with Gasteiger partial charge in [-0.25, -0.2) is 0 Å². The number of benzene rings is 1. The summed E-state index contributed by atoms with van der Waals surface area (Å²) in [6.07, 6.45) is 1.39. The van der Waals surface area contributed by atoms with Crippen molar-refractivity contribution in [2.24, 2.45) is 11.8 Å². The van der Waals surface area contributed by atoms with E-state index in [9.17, 15) is 15.0 Å². The summed E-state index contributed by atoms with van der Waals surface area (Å²) in [4.78, 5) is 11.4. The summed E-state index contributed by atoms with van der Waals surface area (Å²) in [5, 5.41) is 22.1. The minimum atomic E-state index is -0.746. The van der Waals surface area contributed by atoms with Crippen molar-refractivity contribution in [3.63, 3.8) is 0 Å². The standard InChI is InChI=1S/C14H19NO3.ClH/c1-9-4-10(6-12(16)5-9)7-13(14(17)18)11-2-3-15-8-11;/h4-6,11,13,15-16H,2-3,7-8H2,1H3,(H,17,18);1H/t11-,13-;/m0./s1. The van der Waals surface area contributed by atoms with E-state index >= 15 is 0 Å². The largest absolute Gasteiger partial charge is 0.508 e. The van der Waals surface area contributed by atoms with E-state index in [-0.39, 0.29) is 30.0 Å². The third-order valence-electron chi connectivity index (χ3n) is 3.56. The number of carboxylic acid groups (broad SMARTS) is 1. The van der Waals surface area contributed by atoms with Crippen LogP contribution in [0, 0.1) is 18.8 Å². The van der Waals surface area contributed by atoms with Gasteiger partial charge in [0.2, 0.25) is 0 Å². The van der Waals surface area contributed by atoms with Gasteiger partial charge >= 0.3 is 5.97 Å². The van der Waals surface area contributed by atoms with Gasteiger partial charge in [0, 0.05) is 0 Å². The number of hydrogen-bond acceptors (Lipinski definition) is 3. The van der Waals surface area contributed by atoms with Gasteiger partial charge in [0.25, 0.3) is 0 Å². The SMILES string of the molecule is Cc1cc(O)cc(C[C@H](C(=O)O)[C@H]2CCNC2)c1.Cl. The molecule has 3 N–H and O–H groups in total. The fourth-order valence-corrected chi connectivity index (χ4v) is 2.69. The number of nitrogens with one attached hydrogen (secondary N) is 1. The Balaban J connectivity index is 0.00000180. The van der Waals surface area contributed by atoms with Gasteiger partial charge in [0.05, 0.1) is 5.92 Å². The molecule has 19 heavy (non-hydrogen) atoms. The number of aliphatic carboxylic acids is 1. The molecule has 0 unspecified atom stereocenters. The molecule has 1 heterocycles. The van der Waals surface area contributed by atoms with Crippen LogP contribution in [0.4, 0.5) is 0 Å². The molecule has 1 saturated heterocycles. The zero-order chi connectivity index (χ0) is 13.1. The summed E-state index contributed by atoms with van der Waals surface area (Å²) < 4.78 is 0. The van der Waals surface area contributed by atoms with E-state index in [0.717, 1.165) is 30.6 Å². The van der Waals surface area contributed by atoms with Crippen LogP contribution in [0.3, 0.4) is 0 Å². The van der Waals surface area contributed by atoms with Gasteiger partial charge in [-0.05, 0) is 62.0 Å². The number of aromatic hydroxyl groups is 1. The lowest BCUT2D eigenvalue weighted by molar-refractivity contribution is -0.143. The quantitative estimate of drug-likeness (QED) is 0.791. The molecule has 0 aliphatic carbocycles. The predicted octanol–water partition coefficient (Wildman–Crippen LogP) is 1.98. The molecule has 0 radical (unpaired) electrons. The average molecular weight is 286 g/mol. The Hall–Kier alpha value is -1.26. The molecule has 0 bridgehead atoms. The number of aryl methyl sites for hydroxylation is 1. The maximum atomic E-state index is 11.4. The third-order valence-corrected chi connectivity index (χ3v) is 3.56. The molecule has 0 amide bonds. The molecule has 1 aromatic carbocycles. The molecule has 1 fully saturated rings. The monoisotopic (exact) mass is 285 g/mol. The van der Waals surface area contributed by atoms with Gasteiger partial charge in [-0.15, -0.1) is 12.4 Å². The summed E-state index contributed by atoms with van der Waals surface area (Å²) >= 11 is 0. The van der Waals surface area contributed by atoms with Crippen molar-refractivity contribution in [2.75, 3.05) is 13.1 Å². The normalized spacial score (nSPS) is 19.7. The number of phenols is 1. The maximum absolute atomic E-state index is 11.4. The topological polar surface area (TPSA) is 69.6 Å². The highest BCUT2D eigenvalue weighted by Crippen LogP contribution is 2.25. The molecule has 0 spiro atoms. The molecule has 2 rings (SSSR count). The molecule has 0 aromatic heterocycles. The molecular formula is C14H20ClNO3. The fraction of sp³-hybridized carbons (Fsp3) is 0.500. The van der Waals surface area contributed by atoms with Crippen LogP contribution in [0.25, 0.3) is 0 Å². The summed E-state index contributed by atoms with van der Waals surface area (Å²) in [5.41, 5.74) is 1.85. The van der Waals surface area contributed by atoms with Crippen molar-refractivity contribution in [3.8, 4) is 5.75 Å². The molecule has 5 heteroatoms. The predicted molar refractivity (Wildman–Crippen MR) is 75.9 cm³/mol. The molecule has 1 aromatic rings. The highest BCUT2D eigenvalue weighted by Gasteiger charge is 2.30. The van der Waals surface area contributed by atoms with Gasteiger partial charge in [0.15, 0.2) is 0 Å². The first-order chi connectivity index (χ1) is 8.56. The first-order valence-corrected chi connectivity index (χ1v) is 6.29. The Labute approximate surface area is 119 Å². The lowest BCUT2D eigenvalue weighted by atomic mass is 9.86. The number of rotatable bonds is 4. The molecular weight excluding hydrogens is 266 g/mol. The van der Waals surface area contributed by atoms with Crippen LogP contribution in [-0.2, 0) is 11.2 Å². The summed E-state index contributed by atoms with van der Waals surface area (Å²) in [7, 11) is 0. The van der Waals surface area contributed by atoms with Crippen LogP contribution >= 0.6 is 12.4 Å². The first kappa shape index (κ1) is 15.8. The van der Waals surface area contributed by atoms with E-state index in [1.54, 1.807) is 12.1 Å². The van der Waals surface area contributed by atoms with E-state index in [1.165, 1.54) is 0 Å². The maximum Gasteiger partial charge on any atom is 0.307 e. The van der Waals surface area contributed by atoms with Crippen LogP contribution in [0.15, 0.2) is 18.2 Å². The van der Waals surface area contributed by atoms with Gasteiger partial charge in [-0.3, -0.25) is 4.79 Å². The van der Waals surface area contributed by atoms with E-state index in [0.29, 0.717) is 6.42 Å². The molecule has 4 nitrogen and oxygen atoms in total. The van der Waals surface area contributed by atoms with Crippen molar-refractivity contribution >= 4 is 18.4 Å². The smallest absolute Gasteiger partial charge is 0.307 e. The number of carbonyl (C=O) groups is 1. The van der Waals surface area contributed by atoms with Crippen LogP contribution in [0.5, 0.6) is 5.75 Å². The van der Waals surface area contributed by atoms with Gasteiger partial charge in [-0.2, -0.15) is 0 Å². The summed E-state index contributed by atoms with van der Waals surface area (Å²) in [6, 6.07) is 5.28. The van der Waals surface area contributed by atoms with Crippen molar-refractivity contribution in [1.82, 2.24) is 5.32 Å². The van der Waals surface area contributed by atoms with E-state index in [1.807, 2.05) is 13.0 Å². The molecule has 0 saturated carbocycles. The number of hydrogen-bond donors (Lipinski definition) is 3. The number of phenolic OH excluding ortho intramolecular Hbond substituents is 1. The van der Waals surface area contributed by atoms with Crippen molar-refractivity contribution in [3.05, 3.63) is 29.3 Å². The third kappa shape index (κ3) is 4.11. The van der Waals surface area contributed by atoms with Crippen molar-refractivity contribution < 1.29 is 15.0 Å². The van der Waals surface area contributed by atoms with Crippen molar-refractivity contribution in [2.45, 2.75) is 19.8 Å². The second-order valence-corrected chi connectivity index (χ2v) is 5.08.